The standard InChI is InChI=1S/C20H19N3O/c1-24-20-11-6-7-16(14-20)13-19-15-18(22-23-19)10-3-2-8-17-9-4-5-12-21-17/h4-7,9,11-12,14-15H,3,10,13H2,1H3,(H,22,23). The van der Waals surface area contributed by atoms with E-state index in [0.717, 1.165) is 42.1 Å². The number of ether oxygens (including phenoxy) is 1. The monoisotopic (exact) mass is 317 g/mol. The van der Waals surface area contributed by atoms with Crippen LogP contribution >= 0.6 is 0 Å². The average Bonchev–Trinajstić information content (AvgIpc) is 3.07. The van der Waals surface area contributed by atoms with Crippen molar-refractivity contribution in [2.75, 3.05) is 7.11 Å². The van der Waals surface area contributed by atoms with Crippen LogP contribution in [0.2, 0.25) is 0 Å². The van der Waals surface area contributed by atoms with Crippen LogP contribution in [0.1, 0.15) is 29.1 Å². The van der Waals surface area contributed by atoms with Gasteiger partial charge in [-0.25, -0.2) is 4.98 Å². The normalized spacial score (nSPS) is 10.0. The minimum atomic E-state index is 0.764. The first-order chi connectivity index (χ1) is 11.8. The summed E-state index contributed by atoms with van der Waals surface area (Å²) in [5.41, 5.74) is 4.12. The van der Waals surface area contributed by atoms with Gasteiger partial charge in [0.05, 0.1) is 12.8 Å². The smallest absolute Gasteiger partial charge is 0.119 e. The molecular weight excluding hydrogens is 298 g/mol. The molecule has 3 aromatic rings. The highest BCUT2D eigenvalue weighted by Crippen LogP contribution is 2.15. The molecule has 0 spiro atoms. The fraction of sp³-hybridized carbons (Fsp3) is 0.200. The predicted octanol–water partition coefficient (Wildman–Crippen LogP) is 3.39. The lowest BCUT2D eigenvalue weighted by Gasteiger charge is -2.02. The van der Waals surface area contributed by atoms with Gasteiger partial charge in [0.2, 0.25) is 0 Å². The molecule has 120 valence electrons. The molecule has 0 saturated carbocycles. The highest BCUT2D eigenvalue weighted by Gasteiger charge is 2.03. The number of pyridine rings is 1. The van der Waals surface area contributed by atoms with E-state index in [2.05, 4.69) is 39.2 Å². The fourth-order valence-electron chi connectivity index (χ4n) is 2.41. The van der Waals surface area contributed by atoms with Gasteiger partial charge in [-0.1, -0.05) is 24.1 Å². The molecule has 0 atom stereocenters. The first kappa shape index (κ1) is 15.8. The molecule has 24 heavy (non-hydrogen) atoms. The number of hydrogen-bond acceptors (Lipinski definition) is 3. The molecule has 0 aliphatic heterocycles. The Bertz CT molecular complexity index is 844. The van der Waals surface area contributed by atoms with Gasteiger partial charge in [0.25, 0.3) is 0 Å². The molecule has 1 N–H and O–H groups in total. The SMILES string of the molecule is COc1cccc(Cc2cc(CCC#Cc3ccccn3)n[nH]2)c1. The number of aryl methyl sites for hydroxylation is 1. The summed E-state index contributed by atoms with van der Waals surface area (Å²) in [4.78, 5) is 4.18. The number of rotatable bonds is 5. The predicted molar refractivity (Wildman–Crippen MR) is 93.8 cm³/mol. The van der Waals surface area contributed by atoms with Crippen molar-refractivity contribution >= 4 is 0 Å². The van der Waals surface area contributed by atoms with Crippen LogP contribution in [0.3, 0.4) is 0 Å². The fourth-order valence-corrected chi connectivity index (χ4v) is 2.41. The number of nitrogens with zero attached hydrogens (tertiary/aromatic N) is 2. The van der Waals surface area contributed by atoms with Crippen molar-refractivity contribution in [2.24, 2.45) is 0 Å². The van der Waals surface area contributed by atoms with Gasteiger partial charge < -0.3 is 4.74 Å². The first-order valence-corrected chi connectivity index (χ1v) is 7.89. The van der Waals surface area contributed by atoms with E-state index in [1.54, 1.807) is 13.3 Å². The van der Waals surface area contributed by atoms with E-state index < -0.39 is 0 Å². The Kier molecular flexibility index (Phi) is 5.26. The van der Waals surface area contributed by atoms with Gasteiger partial charge in [-0.15, -0.1) is 0 Å². The lowest BCUT2D eigenvalue weighted by atomic mass is 10.1. The molecule has 4 nitrogen and oxygen atoms in total. The van der Waals surface area contributed by atoms with Crippen LogP contribution in [0.25, 0.3) is 0 Å². The minimum Gasteiger partial charge on any atom is -0.497 e. The molecule has 0 radical (unpaired) electrons. The molecule has 0 saturated heterocycles. The lowest BCUT2D eigenvalue weighted by molar-refractivity contribution is 0.414. The summed E-state index contributed by atoms with van der Waals surface area (Å²) >= 11 is 0. The second-order valence-electron chi connectivity index (χ2n) is 5.43. The van der Waals surface area contributed by atoms with Crippen molar-refractivity contribution in [2.45, 2.75) is 19.3 Å². The molecular formula is C20H19N3O. The number of aromatic amines is 1. The molecule has 2 heterocycles. The second kappa shape index (κ2) is 7.98. The maximum Gasteiger partial charge on any atom is 0.119 e. The third-order valence-electron chi connectivity index (χ3n) is 3.60. The Morgan fingerprint density at radius 2 is 2.08 bits per heavy atom. The van der Waals surface area contributed by atoms with E-state index >= 15 is 0 Å². The van der Waals surface area contributed by atoms with Gasteiger partial charge >= 0.3 is 0 Å². The number of benzene rings is 1. The molecule has 3 rings (SSSR count). The van der Waals surface area contributed by atoms with Crippen LogP contribution < -0.4 is 4.74 Å². The molecule has 0 amide bonds. The van der Waals surface area contributed by atoms with Crippen LogP contribution in [-0.4, -0.2) is 22.3 Å². The van der Waals surface area contributed by atoms with Crippen molar-refractivity contribution in [1.82, 2.24) is 15.2 Å². The maximum absolute atomic E-state index is 5.25. The Balaban J connectivity index is 1.55. The number of aromatic nitrogens is 3. The van der Waals surface area contributed by atoms with E-state index in [1.807, 2.05) is 36.4 Å². The summed E-state index contributed by atoms with van der Waals surface area (Å²) in [5, 5.41) is 7.46. The molecule has 0 bridgehead atoms. The van der Waals surface area contributed by atoms with Crippen LogP contribution in [-0.2, 0) is 12.8 Å². The summed E-state index contributed by atoms with van der Waals surface area (Å²) in [6.07, 6.45) is 4.15. The van der Waals surface area contributed by atoms with Gasteiger partial charge in [0.15, 0.2) is 0 Å². The third kappa shape index (κ3) is 4.47. The molecule has 1 aromatic carbocycles. The van der Waals surface area contributed by atoms with Crippen molar-refractivity contribution in [3.63, 3.8) is 0 Å². The number of hydrogen-bond donors (Lipinski definition) is 1. The first-order valence-electron chi connectivity index (χ1n) is 7.89. The summed E-state index contributed by atoms with van der Waals surface area (Å²) in [5.74, 6) is 7.07. The Labute approximate surface area is 141 Å². The zero-order valence-electron chi connectivity index (χ0n) is 13.6. The minimum absolute atomic E-state index is 0.764. The molecule has 0 aliphatic carbocycles. The highest BCUT2D eigenvalue weighted by molar-refractivity contribution is 5.31. The maximum atomic E-state index is 5.25. The third-order valence-corrected chi connectivity index (χ3v) is 3.60. The van der Waals surface area contributed by atoms with Crippen LogP contribution in [0.5, 0.6) is 5.75 Å². The zero-order valence-corrected chi connectivity index (χ0v) is 13.6. The summed E-state index contributed by atoms with van der Waals surface area (Å²) in [6, 6.07) is 15.9. The van der Waals surface area contributed by atoms with Crippen LogP contribution in [0, 0.1) is 11.8 Å². The van der Waals surface area contributed by atoms with Crippen molar-refractivity contribution in [3.05, 3.63) is 77.4 Å². The summed E-state index contributed by atoms with van der Waals surface area (Å²) < 4.78 is 5.25. The van der Waals surface area contributed by atoms with E-state index in [4.69, 9.17) is 4.74 Å². The molecule has 0 unspecified atom stereocenters. The van der Waals surface area contributed by atoms with Crippen LogP contribution in [0.4, 0.5) is 0 Å². The zero-order chi connectivity index (χ0) is 16.6. The van der Waals surface area contributed by atoms with Gasteiger partial charge in [-0.05, 0) is 41.8 Å². The van der Waals surface area contributed by atoms with E-state index in [0.29, 0.717) is 0 Å². The second-order valence-corrected chi connectivity index (χ2v) is 5.43. The lowest BCUT2D eigenvalue weighted by Crippen LogP contribution is -1.90. The van der Waals surface area contributed by atoms with Crippen molar-refractivity contribution in [3.8, 4) is 17.6 Å². The largest absolute Gasteiger partial charge is 0.497 e. The van der Waals surface area contributed by atoms with E-state index in [-0.39, 0.29) is 0 Å². The number of H-pyrrole nitrogens is 1. The summed E-state index contributed by atoms with van der Waals surface area (Å²) in [7, 11) is 1.68. The van der Waals surface area contributed by atoms with Gasteiger partial charge in [-0.3, -0.25) is 5.10 Å². The Morgan fingerprint density at radius 3 is 2.92 bits per heavy atom. The average molecular weight is 317 g/mol. The molecule has 4 heteroatoms. The van der Waals surface area contributed by atoms with Gasteiger partial charge in [-0.2, -0.15) is 5.10 Å². The quantitative estimate of drug-likeness (QED) is 0.734. The Hall–Kier alpha value is -3.06. The summed E-state index contributed by atoms with van der Waals surface area (Å²) in [6.45, 7) is 0. The Morgan fingerprint density at radius 1 is 1.12 bits per heavy atom. The molecule has 0 aliphatic rings. The van der Waals surface area contributed by atoms with Crippen molar-refractivity contribution in [1.29, 1.82) is 0 Å². The van der Waals surface area contributed by atoms with Crippen LogP contribution in [0.15, 0.2) is 54.7 Å². The molecule has 2 aromatic heterocycles. The highest BCUT2D eigenvalue weighted by atomic mass is 16.5. The van der Waals surface area contributed by atoms with Crippen molar-refractivity contribution < 1.29 is 4.74 Å². The molecule has 0 fully saturated rings. The topological polar surface area (TPSA) is 50.8 Å². The van der Waals surface area contributed by atoms with E-state index in [1.165, 1.54) is 5.56 Å². The van der Waals surface area contributed by atoms with E-state index in [9.17, 15) is 0 Å². The van der Waals surface area contributed by atoms with Gasteiger partial charge in [0, 0.05) is 31.2 Å². The number of nitrogens with one attached hydrogen (secondary N) is 1. The van der Waals surface area contributed by atoms with Gasteiger partial charge in [0.1, 0.15) is 11.4 Å². The number of methoxy groups -OCH3 is 1.